The number of carboxylic acid groups (broad SMARTS) is 1. The molecule has 0 amide bonds. The summed E-state index contributed by atoms with van der Waals surface area (Å²) in [5, 5.41) is 17.0. The highest BCUT2D eigenvalue weighted by Gasteiger charge is 2.27. The number of fused-ring (bicyclic) bond motifs is 1. The van der Waals surface area contributed by atoms with Gasteiger partial charge in [0.15, 0.2) is 10.8 Å². The van der Waals surface area contributed by atoms with Gasteiger partial charge in [-0.05, 0) is 19.1 Å². The number of aryl methyl sites for hydroxylation is 1. The number of nitrogens with zero attached hydrogens (tertiary/aromatic N) is 3. The average Bonchev–Trinajstić information content (AvgIpc) is 2.67. The van der Waals surface area contributed by atoms with Crippen LogP contribution in [0.2, 0.25) is 0 Å². The van der Waals surface area contributed by atoms with E-state index in [-0.39, 0.29) is 5.69 Å². The first kappa shape index (κ1) is 12.8. The number of carbonyl (C=O) groups is 1. The molecule has 0 spiro atoms. The molecular formula is C11H16N4O2S. The Bertz CT molecular complexity index is 497. The van der Waals surface area contributed by atoms with Gasteiger partial charge in [-0.3, -0.25) is 4.68 Å². The fraction of sp³-hybridized carbons (Fsp3) is 0.545. The Balaban J connectivity index is 2.27. The summed E-state index contributed by atoms with van der Waals surface area (Å²) in [4.78, 5) is 13.1. The molecule has 0 aromatic carbocycles. The predicted molar refractivity (Wildman–Crippen MR) is 70.6 cm³/mol. The molecule has 1 aliphatic rings. The van der Waals surface area contributed by atoms with Crippen molar-refractivity contribution in [3.63, 3.8) is 0 Å². The van der Waals surface area contributed by atoms with Gasteiger partial charge in [0.1, 0.15) is 0 Å². The molecule has 0 saturated carbocycles. The summed E-state index contributed by atoms with van der Waals surface area (Å²) in [6.45, 7) is 4.05. The zero-order valence-corrected chi connectivity index (χ0v) is 11.3. The summed E-state index contributed by atoms with van der Waals surface area (Å²) in [5.74, 6) is -0.983. The van der Waals surface area contributed by atoms with Crippen LogP contribution in [0.3, 0.4) is 0 Å². The van der Waals surface area contributed by atoms with E-state index in [4.69, 9.17) is 17.3 Å². The summed E-state index contributed by atoms with van der Waals surface area (Å²) < 4.78 is 1.66. The van der Waals surface area contributed by atoms with Crippen molar-refractivity contribution in [3.8, 4) is 0 Å². The quantitative estimate of drug-likeness (QED) is 0.755. The monoisotopic (exact) mass is 268 g/mol. The lowest BCUT2D eigenvalue weighted by molar-refractivity contribution is 0.0687. The van der Waals surface area contributed by atoms with Gasteiger partial charge >= 0.3 is 5.97 Å². The number of rotatable bonds is 2. The lowest BCUT2D eigenvalue weighted by Crippen LogP contribution is -2.42. The zero-order valence-electron chi connectivity index (χ0n) is 10.4. The van der Waals surface area contributed by atoms with Gasteiger partial charge in [0, 0.05) is 44.4 Å². The number of hydrogen-bond acceptors (Lipinski definition) is 3. The largest absolute Gasteiger partial charge is 0.476 e. The van der Waals surface area contributed by atoms with Gasteiger partial charge in [-0.25, -0.2) is 4.79 Å². The first-order chi connectivity index (χ1) is 8.54. The fourth-order valence-corrected chi connectivity index (χ4v) is 2.50. The second kappa shape index (κ2) is 4.93. The van der Waals surface area contributed by atoms with Crippen LogP contribution in [0.15, 0.2) is 0 Å². The first-order valence-electron chi connectivity index (χ1n) is 5.85. The highest BCUT2D eigenvalue weighted by Crippen LogP contribution is 2.22. The third-order valence-electron chi connectivity index (χ3n) is 3.06. The third-order valence-corrected chi connectivity index (χ3v) is 3.46. The van der Waals surface area contributed by atoms with Crippen molar-refractivity contribution in [1.29, 1.82) is 0 Å². The van der Waals surface area contributed by atoms with Crippen molar-refractivity contribution < 1.29 is 9.90 Å². The van der Waals surface area contributed by atoms with E-state index >= 15 is 0 Å². The molecule has 18 heavy (non-hydrogen) atoms. The first-order valence-corrected chi connectivity index (χ1v) is 6.26. The number of hydrogen-bond donors (Lipinski definition) is 2. The van der Waals surface area contributed by atoms with E-state index in [1.807, 2.05) is 11.8 Å². The summed E-state index contributed by atoms with van der Waals surface area (Å²) in [7, 11) is 1.78. The van der Waals surface area contributed by atoms with E-state index in [0.717, 1.165) is 30.8 Å². The van der Waals surface area contributed by atoms with Crippen molar-refractivity contribution in [3.05, 3.63) is 17.0 Å². The van der Waals surface area contributed by atoms with Gasteiger partial charge in [-0.1, -0.05) is 0 Å². The summed E-state index contributed by atoms with van der Waals surface area (Å²) >= 11 is 5.26. The maximum Gasteiger partial charge on any atom is 0.356 e. The maximum atomic E-state index is 11.1. The lowest BCUT2D eigenvalue weighted by Gasteiger charge is -2.29. The van der Waals surface area contributed by atoms with Gasteiger partial charge in [0.05, 0.1) is 0 Å². The summed E-state index contributed by atoms with van der Waals surface area (Å²) in [6, 6.07) is 0. The molecule has 2 rings (SSSR count). The van der Waals surface area contributed by atoms with E-state index < -0.39 is 5.97 Å². The van der Waals surface area contributed by atoms with Gasteiger partial charge in [0.2, 0.25) is 0 Å². The topological polar surface area (TPSA) is 70.4 Å². The van der Waals surface area contributed by atoms with Crippen LogP contribution in [0.5, 0.6) is 0 Å². The molecule has 0 aliphatic carbocycles. The molecule has 2 N–H and O–H groups in total. The smallest absolute Gasteiger partial charge is 0.356 e. The molecule has 0 bridgehead atoms. The third kappa shape index (κ3) is 2.17. The van der Waals surface area contributed by atoms with E-state index in [9.17, 15) is 4.79 Å². The molecular weight excluding hydrogens is 252 g/mol. The minimum Gasteiger partial charge on any atom is -0.476 e. The van der Waals surface area contributed by atoms with Gasteiger partial charge in [0.25, 0.3) is 0 Å². The lowest BCUT2D eigenvalue weighted by atomic mass is 10.1. The maximum absolute atomic E-state index is 11.1. The van der Waals surface area contributed by atoms with Gasteiger partial charge in [-0.15, -0.1) is 0 Å². The molecule has 0 saturated heterocycles. The van der Waals surface area contributed by atoms with Crippen LogP contribution in [0.4, 0.5) is 0 Å². The van der Waals surface area contributed by atoms with Gasteiger partial charge < -0.3 is 15.3 Å². The molecule has 6 nitrogen and oxygen atoms in total. The SMILES string of the molecule is CCNC(=S)N1CCc2c(c(C(=O)O)nn2C)C1. The summed E-state index contributed by atoms with van der Waals surface area (Å²) in [6.07, 6.45) is 0.762. The molecule has 0 radical (unpaired) electrons. The van der Waals surface area contributed by atoms with Crippen molar-refractivity contribution >= 4 is 23.3 Å². The number of carboxylic acids is 1. The number of thiocarbonyl (C=S) groups is 1. The van der Waals surface area contributed by atoms with Crippen LogP contribution in [0.25, 0.3) is 0 Å². The van der Waals surface area contributed by atoms with Crippen LogP contribution in [0.1, 0.15) is 28.7 Å². The Morgan fingerprint density at radius 2 is 2.33 bits per heavy atom. The van der Waals surface area contributed by atoms with Crippen molar-refractivity contribution in [2.45, 2.75) is 19.9 Å². The van der Waals surface area contributed by atoms with Crippen molar-refractivity contribution in [2.75, 3.05) is 13.1 Å². The number of nitrogens with one attached hydrogen (secondary N) is 1. The molecule has 0 unspecified atom stereocenters. The van der Waals surface area contributed by atoms with E-state index in [2.05, 4.69) is 10.4 Å². The molecule has 0 fully saturated rings. The average molecular weight is 268 g/mol. The minimum absolute atomic E-state index is 0.136. The van der Waals surface area contributed by atoms with Crippen LogP contribution < -0.4 is 5.32 Å². The molecule has 0 atom stereocenters. The van der Waals surface area contributed by atoms with E-state index in [1.165, 1.54) is 0 Å². The second-order valence-electron chi connectivity index (χ2n) is 4.21. The zero-order chi connectivity index (χ0) is 13.3. The number of aromatic carboxylic acids is 1. The molecule has 1 aliphatic heterocycles. The van der Waals surface area contributed by atoms with Crippen LogP contribution >= 0.6 is 12.2 Å². The molecule has 1 aromatic heterocycles. The van der Waals surface area contributed by atoms with Gasteiger partial charge in [-0.2, -0.15) is 5.10 Å². The van der Waals surface area contributed by atoms with Crippen LogP contribution in [0, 0.1) is 0 Å². The van der Waals surface area contributed by atoms with E-state index in [0.29, 0.717) is 11.7 Å². The van der Waals surface area contributed by atoms with Crippen molar-refractivity contribution in [1.82, 2.24) is 20.0 Å². The summed E-state index contributed by atoms with van der Waals surface area (Å²) in [5.41, 5.74) is 1.90. The van der Waals surface area contributed by atoms with E-state index in [1.54, 1.807) is 11.7 Å². The van der Waals surface area contributed by atoms with Crippen LogP contribution in [-0.4, -0.2) is 44.0 Å². The highest BCUT2D eigenvalue weighted by atomic mass is 32.1. The van der Waals surface area contributed by atoms with Crippen LogP contribution in [-0.2, 0) is 20.0 Å². The Labute approximate surface area is 111 Å². The molecule has 2 heterocycles. The Hall–Kier alpha value is -1.63. The Morgan fingerprint density at radius 1 is 1.61 bits per heavy atom. The Kier molecular flexibility index (Phi) is 3.51. The molecule has 1 aromatic rings. The highest BCUT2D eigenvalue weighted by molar-refractivity contribution is 7.80. The standard InChI is InChI=1S/C11H16N4O2S/c1-3-12-11(18)15-5-4-8-7(6-15)9(10(16)17)13-14(8)2/h3-6H2,1-2H3,(H,12,18)(H,16,17). The fourth-order valence-electron chi connectivity index (χ4n) is 2.20. The second-order valence-corrected chi connectivity index (χ2v) is 4.60. The minimum atomic E-state index is -0.983. The number of aromatic nitrogens is 2. The predicted octanol–water partition coefficient (Wildman–Crippen LogP) is 0.371. The van der Waals surface area contributed by atoms with Crippen molar-refractivity contribution in [2.24, 2.45) is 7.05 Å². The molecule has 7 heteroatoms. The molecule has 98 valence electrons. The Morgan fingerprint density at radius 3 is 2.94 bits per heavy atom. The normalized spacial score (nSPS) is 14.2.